The smallest absolute Gasteiger partial charge is 0.277 e. The number of hydrogen-bond acceptors (Lipinski definition) is 7. The molecule has 0 atom stereocenters. The molecule has 9 nitrogen and oxygen atoms in total. The Balaban J connectivity index is 1.22. The molecule has 2 aliphatic heterocycles. The average Bonchev–Trinajstić information content (AvgIpc) is 3.30. The summed E-state index contributed by atoms with van der Waals surface area (Å²) >= 11 is 0. The number of aromatic amines is 1. The molecule has 3 aromatic rings. The Morgan fingerprint density at radius 2 is 2.00 bits per heavy atom. The maximum Gasteiger partial charge on any atom is 0.277 e. The van der Waals surface area contributed by atoms with E-state index >= 15 is 0 Å². The van der Waals surface area contributed by atoms with Crippen molar-refractivity contribution in [1.82, 2.24) is 25.3 Å². The highest BCUT2D eigenvalue weighted by Gasteiger charge is 2.40. The van der Waals surface area contributed by atoms with Crippen LogP contribution in [0.1, 0.15) is 28.8 Å². The van der Waals surface area contributed by atoms with Crippen LogP contribution < -0.4 is 10.4 Å². The van der Waals surface area contributed by atoms with Gasteiger partial charge in [0.05, 0.1) is 24.3 Å². The second-order valence-electron chi connectivity index (χ2n) is 8.30. The molecule has 2 fully saturated rings. The van der Waals surface area contributed by atoms with Gasteiger partial charge in [-0.2, -0.15) is 0 Å². The fourth-order valence-corrected chi connectivity index (χ4v) is 4.63. The fraction of sp³-hybridized carbons (Fsp3) is 0.409. The summed E-state index contributed by atoms with van der Waals surface area (Å²) in [5, 5.41) is 10.0. The number of piperidine rings is 1. The van der Waals surface area contributed by atoms with Gasteiger partial charge in [0.1, 0.15) is 0 Å². The zero-order chi connectivity index (χ0) is 21.3. The van der Waals surface area contributed by atoms with E-state index < -0.39 is 5.91 Å². The molecule has 3 N–H and O–H groups in total. The van der Waals surface area contributed by atoms with Crippen molar-refractivity contribution >= 4 is 22.8 Å². The number of rotatable bonds is 4. The van der Waals surface area contributed by atoms with Crippen molar-refractivity contribution in [3.8, 4) is 0 Å². The molecule has 1 spiro atoms. The number of fused-ring (bicyclic) bond motifs is 1. The third-order valence-electron chi connectivity index (χ3n) is 6.38. The number of anilines is 1. The van der Waals surface area contributed by atoms with Crippen molar-refractivity contribution in [2.75, 3.05) is 37.7 Å². The lowest BCUT2D eigenvalue weighted by Crippen LogP contribution is -2.57. The first kappa shape index (κ1) is 19.9. The van der Waals surface area contributed by atoms with Crippen molar-refractivity contribution < 1.29 is 14.7 Å². The van der Waals surface area contributed by atoms with Crippen LogP contribution in [0.25, 0.3) is 10.9 Å². The normalized spacial score (nSPS) is 19.1. The summed E-state index contributed by atoms with van der Waals surface area (Å²) < 4.78 is 6.27. The van der Waals surface area contributed by atoms with E-state index in [4.69, 9.17) is 9.94 Å². The van der Waals surface area contributed by atoms with Gasteiger partial charge in [-0.3, -0.25) is 14.9 Å². The number of morpholine rings is 1. The van der Waals surface area contributed by atoms with Crippen LogP contribution in [-0.4, -0.2) is 69.4 Å². The van der Waals surface area contributed by atoms with Crippen LogP contribution >= 0.6 is 0 Å². The number of nitrogens with one attached hydrogen (secondary N) is 2. The number of ether oxygens (including phenoxy) is 1. The number of benzene rings is 1. The number of aromatic nitrogens is 3. The van der Waals surface area contributed by atoms with Crippen molar-refractivity contribution in [3.63, 3.8) is 0 Å². The van der Waals surface area contributed by atoms with E-state index in [1.807, 2.05) is 6.20 Å². The highest BCUT2D eigenvalue weighted by atomic mass is 16.5. The minimum Gasteiger partial charge on any atom is -0.371 e. The van der Waals surface area contributed by atoms with Gasteiger partial charge >= 0.3 is 0 Å². The maximum atomic E-state index is 11.5. The Kier molecular flexibility index (Phi) is 5.31. The summed E-state index contributed by atoms with van der Waals surface area (Å²) in [6.45, 7) is 4.97. The Morgan fingerprint density at radius 3 is 2.77 bits per heavy atom. The van der Waals surface area contributed by atoms with E-state index in [0.29, 0.717) is 19.1 Å². The van der Waals surface area contributed by atoms with Crippen LogP contribution in [0, 0.1) is 0 Å². The summed E-state index contributed by atoms with van der Waals surface area (Å²) in [6.07, 6.45) is 6.77. The van der Waals surface area contributed by atoms with Crippen molar-refractivity contribution in [3.05, 3.63) is 54.0 Å². The third kappa shape index (κ3) is 3.99. The lowest BCUT2D eigenvalue weighted by molar-refractivity contribution is -0.0923. The van der Waals surface area contributed by atoms with E-state index in [0.717, 1.165) is 39.0 Å². The Bertz CT molecular complexity index is 1060. The number of H-pyrrole nitrogens is 1. The summed E-state index contributed by atoms with van der Waals surface area (Å²) in [5.74, 6) is -0.0357. The van der Waals surface area contributed by atoms with Gasteiger partial charge < -0.3 is 14.6 Å². The Labute approximate surface area is 180 Å². The molecule has 0 aliphatic carbocycles. The molecule has 5 rings (SSSR count). The Hall–Kier alpha value is -3.01. The highest BCUT2D eigenvalue weighted by Crippen LogP contribution is 2.32. The van der Waals surface area contributed by atoms with Gasteiger partial charge in [-0.25, -0.2) is 15.4 Å². The second kappa shape index (κ2) is 8.26. The molecule has 31 heavy (non-hydrogen) atoms. The molecule has 1 amide bonds. The first-order valence-electron chi connectivity index (χ1n) is 10.6. The van der Waals surface area contributed by atoms with Crippen LogP contribution in [0.15, 0.2) is 42.9 Å². The number of carbonyl (C=O) groups excluding carboxylic acids is 1. The molecular formula is C22H26N6O3. The van der Waals surface area contributed by atoms with E-state index in [-0.39, 0.29) is 11.2 Å². The van der Waals surface area contributed by atoms with Gasteiger partial charge in [0.15, 0.2) is 0 Å². The SMILES string of the molecule is O=C(NO)c1cnc(N2CCOC3(CCN(Cc4cccc5[nH]ccc45)CC3)C2)nc1. The predicted octanol–water partition coefficient (Wildman–Crippen LogP) is 1.95. The minimum absolute atomic E-state index is 0.195. The summed E-state index contributed by atoms with van der Waals surface area (Å²) in [6, 6.07) is 8.57. The number of carbonyl (C=O) groups is 1. The highest BCUT2D eigenvalue weighted by molar-refractivity contribution is 5.92. The standard InChI is InChI=1S/C22H26N6O3/c29-20(26-30)17-12-24-21(25-13-17)28-10-11-31-22(15-28)5-8-27(9-6-22)14-16-2-1-3-19-18(16)4-7-23-19/h1-4,7,12-13,23,30H,5-6,8-11,14-15H2,(H,26,29). The number of amides is 1. The summed E-state index contributed by atoms with van der Waals surface area (Å²) in [4.78, 5) is 28.0. The van der Waals surface area contributed by atoms with Crippen LogP contribution in [0.3, 0.4) is 0 Å². The van der Waals surface area contributed by atoms with E-state index in [9.17, 15) is 4.79 Å². The largest absolute Gasteiger partial charge is 0.371 e. The average molecular weight is 422 g/mol. The summed E-state index contributed by atoms with van der Waals surface area (Å²) in [5.41, 5.74) is 4.15. The van der Waals surface area contributed by atoms with Crippen LogP contribution in [0.4, 0.5) is 5.95 Å². The molecule has 9 heteroatoms. The van der Waals surface area contributed by atoms with Gasteiger partial charge in [0, 0.05) is 55.7 Å². The van der Waals surface area contributed by atoms with Gasteiger partial charge in [-0.1, -0.05) is 12.1 Å². The lowest BCUT2D eigenvalue weighted by Gasteiger charge is -2.47. The van der Waals surface area contributed by atoms with E-state index in [1.54, 1.807) is 5.48 Å². The molecule has 4 heterocycles. The van der Waals surface area contributed by atoms with Crippen molar-refractivity contribution in [2.45, 2.75) is 25.0 Å². The number of nitrogens with zero attached hydrogens (tertiary/aromatic N) is 4. The molecule has 2 aliphatic rings. The minimum atomic E-state index is -0.618. The predicted molar refractivity (Wildman–Crippen MR) is 115 cm³/mol. The van der Waals surface area contributed by atoms with Crippen LogP contribution in [0.2, 0.25) is 0 Å². The number of hydrogen-bond donors (Lipinski definition) is 3. The first-order chi connectivity index (χ1) is 15.2. The quantitative estimate of drug-likeness (QED) is 0.436. The van der Waals surface area contributed by atoms with Gasteiger partial charge in [-0.15, -0.1) is 0 Å². The van der Waals surface area contributed by atoms with E-state index in [2.05, 4.69) is 49.0 Å². The van der Waals surface area contributed by atoms with Crippen molar-refractivity contribution in [1.29, 1.82) is 0 Å². The van der Waals surface area contributed by atoms with Crippen LogP contribution in [0.5, 0.6) is 0 Å². The van der Waals surface area contributed by atoms with Crippen molar-refractivity contribution in [2.24, 2.45) is 0 Å². The molecule has 2 saturated heterocycles. The number of hydroxylamine groups is 1. The maximum absolute atomic E-state index is 11.5. The topological polar surface area (TPSA) is 107 Å². The molecule has 0 unspecified atom stereocenters. The first-order valence-corrected chi connectivity index (χ1v) is 10.6. The molecule has 0 bridgehead atoms. The molecular weight excluding hydrogens is 396 g/mol. The summed E-state index contributed by atoms with van der Waals surface area (Å²) in [7, 11) is 0. The van der Waals surface area contributed by atoms with Crippen LogP contribution in [-0.2, 0) is 11.3 Å². The Morgan fingerprint density at radius 1 is 1.19 bits per heavy atom. The molecule has 1 aromatic carbocycles. The fourth-order valence-electron chi connectivity index (χ4n) is 4.63. The monoisotopic (exact) mass is 422 g/mol. The number of likely N-dealkylation sites (tertiary alicyclic amines) is 1. The van der Waals surface area contributed by atoms with Gasteiger partial charge in [0.2, 0.25) is 5.95 Å². The molecule has 0 saturated carbocycles. The third-order valence-corrected chi connectivity index (χ3v) is 6.38. The zero-order valence-electron chi connectivity index (χ0n) is 17.3. The van der Waals surface area contributed by atoms with Gasteiger partial charge in [-0.05, 0) is 30.5 Å². The molecule has 0 radical (unpaired) electrons. The molecule has 2 aromatic heterocycles. The zero-order valence-corrected chi connectivity index (χ0v) is 17.3. The van der Waals surface area contributed by atoms with E-state index in [1.165, 1.54) is 28.9 Å². The molecule has 162 valence electrons. The van der Waals surface area contributed by atoms with Gasteiger partial charge in [0.25, 0.3) is 5.91 Å². The second-order valence-corrected chi connectivity index (χ2v) is 8.30. The lowest BCUT2D eigenvalue weighted by atomic mass is 9.89.